The quantitative estimate of drug-likeness (QED) is 0.887. The van der Waals surface area contributed by atoms with Crippen LogP contribution in [0.3, 0.4) is 0 Å². The molecule has 1 fully saturated rings. The highest BCUT2D eigenvalue weighted by atomic mass is 16.4. The van der Waals surface area contributed by atoms with Crippen LogP contribution in [0.1, 0.15) is 31.2 Å². The van der Waals surface area contributed by atoms with E-state index in [0.29, 0.717) is 13.0 Å². The van der Waals surface area contributed by atoms with E-state index in [1.54, 1.807) is 0 Å². The van der Waals surface area contributed by atoms with E-state index in [1.165, 1.54) is 4.90 Å². The van der Waals surface area contributed by atoms with E-state index in [2.05, 4.69) is 0 Å². The third-order valence-corrected chi connectivity index (χ3v) is 3.49. The van der Waals surface area contributed by atoms with E-state index >= 15 is 0 Å². The van der Waals surface area contributed by atoms with Crippen molar-refractivity contribution >= 4 is 11.9 Å². The number of benzene rings is 1. The number of hydrogen-bond donors (Lipinski definition) is 1. The molecule has 1 aromatic rings. The van der Waals surface area contributed by atoms with Gasteiger partial charge in [0.25, 0.3) is 0 Å². The summed E-state index contributed by atoms with van der Waals surface area (Å²) in [6.07, 6.45) is 1.33. The molecule has 0 bridgehead atoms. The van der Waals surface area contributed by atoms with Crippen LogP contribution < -0.4 is 0 Å². The Labute approximate surface area is 106 Å². The first-order valence-electron chi connectivity index (χ1n) is 6.19. The Morgan fingerprint density at radius 1 is 1.33 bits per heavy atom. The fourth-order valence-corrected chi connectivity index (χ4v) is 2.42. The number of nitrogens with zero attached hydrogens (tertiary/aromatic N) is 1. The van der Waals surface area contributed by atoms with Crippen molar-refractivity contribution in [2.24, 2.45) is 0 Å². The van der Waals surface area contributed by atoms with Crippen molar-refractivity contribution in [3.63, 3.8) is 0 Å². The lowest BCUT2D eigenvalue weighted by atomic mass is 9.99. The zero-order valence-corrected chi connectivity index (χ0v) is 10.4. The molecule has 4 heteroatoms. The van der Waals surface area contributed by atoms with Gasteiger partial charge in [-0.2, -0.15) is 0 Å². The van der Waals surface area contributed by atoms with Crippen LogP contribution >= 0.6 is 0 Å². The zero-order valence-electron chi connectivity index (χ0n) is 10.4. The molecule has 1 heterocycles. The third-order valence-electron chi connectivity index (χ3n) is 3.49. The lowest BCUT2D eigenvalue weighted by Gasteiger charge is -2.25. The molecule has 1 aliphatic rings. The summed E-state index contributed by atoms with van der Waals surface area (Å²) in [5, 5.41) is 9.09. The molecule has 0 radical (unpaired) electrons. The Morgan fingerprint density at radius 3 is 2.61 bits per heavy atom. The number of amides is 1. The summed E-state index contributed by atoms with van der Waals surface area (Å²) in [5.41, 5.74) is 0.929. The molecular weight excluding hydrogens is 230 g/mol. The van der Waals surface area contributed by atoms with Gasteiger partial charge in [0.05, 0.1) is 5.92 Å². The molecule has 96 valence electrons. The maximum atomic E-state index is 12.3. The Balaban J connectivity index is 2.14. The van der Waals surface area contributed by atoms with Crippen molar-refractivity contribution < 1.29 is 14.7 Å². The van der Waals surface area contributed by atoms with Gasteiger partial charge in [-0.3, -0.25) is 4.79 Å². The fourth-order valence-electron chi connectivity index (χ4n) is 2.42. The highest BCUT2D eigenvalue weighted by Crippen LogP contribution is 2.24. The number of carbonyl (C=O) groups is 2. The smallest absolute Gasteiger partial charge is 0.326 e. The average Bonchev–Trinajstić information content (AvgIpc) is 2.87. The lowest BCUT2D eigenvalue weighted by Crippen LogP contribution is -2.42. The molecule has 0 aliphatic carbocycles. The molecule has 1 aromatic carbocycles. The Morgan fingerprint density at radius 2 is 2.00 bits per heavy atom. The van der Waals surface area contributed by atoms with Gasteiger partial charge in [0.15, 0.2) is 0 Å². The largest absolute Gasteiger partial charge is 0.480 e. The highest BCUT2D eigenvalue weighted by Gasteiger charge is 2.35. The number of likely N-dealkylation sites (tertiary alicyclic amines) is 1. The summed E-state index contributed by atoms with van der Waals surface area (Å²) in [4.78, 5) is 24.9. The molecule has 1 amide bonds. The predicted octanol–water partition coefficient (Wildman–Crippen LogP) is 1.87. The van der Waals surface area contributed by atoms with Crippen LogP contribution in [0.5, 0.6) is 0 Å². The first-order chi connectivity index (χ1) is 8.61. The number of aliphatic carboxylic acids is 1. The minimum absolute atomic E-state index is 0.0916. The minimum Gasteiger partial charge on any atom is -0.480 e. The van der Waals surface area contributed by atoms with Gasteiger partial charge >= 0.3 is 5.97 Å². The molecular formula is C14H17NO3. The summed E-state index contributed by atoms with van der Waals surface area (Å²) in [6.45, 7) is 2.38. The summed E-state index contributed by atoms with van der Waals surface area (Å²) in [5.74, 6) is -1.28. The summed E-state index contributed by atoms with van der Waals surface area (Å²) in [7, 11) is 0. The summed E-state index contributed by atoms with van der Waals surface area (Å²) < 4.78 is 0. The maximum Gasteiger partial charge on any atom is 0.326 e. The molecule has 0 saturated carbocycles. The Bertz CT molecular complexity index is 444. The Kier molecular flexibility index (Phi) is 3.65. The number of carbonyl (C=O) groups excluding carboxylic acids is 1. The van der Waals surface area contributed by atoms with Crippen molar-refractivity contribution in [1.82, 2.24) is 4.90 Å². The number of carboxylic acids is 1. The van der Waals surface area contributed by atoms with Crippen LogP contribution in [0.25, 0.3) is 0 Å². The van der Waals surface area contributed by atoms with Crippen LogP contribution in [0.4, 0.5) is 0 Å². The standard InChI is InChI=1S/C14H17NO3/c1-10(11-6-3-2-4-7-11)13(16)15-9-5-8-12(15)14(17)18/h2-4,6-7,10,12H,5,8-9H2,1H3,(H,17,18)/t10?,12-/m0/s1. The second kappa shape index (κ2) is 5.21. The van der Waals surface area contributed by atoms with E-state index in [-0.39, 0.29) is 11.8 Å². The van der Waals surface area contributed by atoms with Crippen LogP contribution in [0.2, 0.25) is 0 Å². The van der Waals surface area contributed by atoms with E-state index in [0.717, 1.165) is 12.0 Å². The molecule has 1 aliphatic heterocycles. The maximum absolute atomic E-state index is 12.3. The van der Waals surface area contributed by atoms with Crippen molar-refractivity contribution in [3.05, 3.63) is 35.9 Å². The van der Waals surface area contributed by atoms with Crippen molar-refractivity contribution in [2.45, 2.75) is 31.7 Å². The van der Waals surface area contributed by atoms with Gasteiger partial charge in [0.1, 0.15) is 6.04 Å². The topological polar surface area (TPSA) is 57.6 Å². The van der Waals surface area contributed by atoms with Crippen molar-refractivity contribution in [3.8, 4) is 0 Å². The van der Waals surface area contributed by atoms with E-state index in [1.807, 2.05) is 37.3 Å². The summed E-state index contributed by atoms with van der Waals surface area (Å²) in [6, 6.07) is 8.82. The normalized spacial score (nSPS) is 20.7. The minimum atomic E-state index is -0.902. The molecule has 0 aromatic heterocycles. The average molecular weight is 247 g/mol. The van der Waals surface area contributed by atoms with Crippen LogP contribution in [0.15, 0.2) is 30.3 Å². The van der Waals surface area contributed by atoms with E-state index in [9.17, 15) is 9.59 Å². The van der Waals surface area contributed by atoms with Gasteiger partial charge < -0.3 is 10.0 Å². The Hall–Kier alpha value is -1.84. The molecule has 2 atom stereocenters. The van der Waals surface area contributed by atoms with Gasteiger partial charge in [0.2, 0.25) is 5.91 Å². The number of rotatable bonds is 3. The molecule has 0 spiro atoms. The SMILES string of the molecule is CC(C(=O)N1CCC[C@H]1C(=O)O)c1ccccc1. The van der Waals surface area contributed by atoms with Crippen LogP contribution in [0, 0.1) is 0 Å². The lowest BCUT2D eigenvalue weighted by molar-refractivity contribution is -0.148. The molecule has 1 saturated heterocycles. The second-order valence-electron chi connectivity index (χ2n) is 4.66. The third kappa shape index (κ3) is 2.37. The number of hydrogen-bond acceptors (Lipinski definition) is 2. The summed E-state index contributed by atoms with van der Waals surface area (Å²) >= 11 is 0. The first kappa shape index (κ1) is 12.6. The molecule has 4 nitrogen and oxygen atoms in total. The van der Waals surface area contributed by atoms with Crippen LogP contribution in [-0.2, 0) is 9.59 Å². The van der Waals surface area contributed by atoms with Gasteiger partial charge in [-0.05, 0) is 25.3 Å². The molecule has 18 heavy (non-hydrogen) atoms. The molecule has 1 N–H and O–H groups in total. The fraction of sp³-hybridized carbons (Fsp3) is 0.429. The van der Waals surface area contributed by atoms with E-state index < -0.39 is 12.0 Å². The highest BCUT2D eigenvalue weighted by molar-refractivity contribution is 5.88. The number of carboxylic acid groups (broad SMARTS) is 1. The zero-order chi connectivity index (χ0) is 13.1. The van der Waals surface area contributed by atoms with Gasteiger partial charge in [-0.15, -0.1) is 0 Å². The van der Waals surface area contributed by atoms with Gasteiger partial charge in [-0.25, -0.2) is 4.79 Å². The van der Waals surface area contributed by atoms with Crippen molar-refractivity contribution in [2.75, 3.05) is 6.54 Å². The molecule has 2 rings (SSSR count). The predicted molar refractivity (Wildman–Crippen MR) is 67.2 cm³/mol. The van der Waals surface area contributed by atoms with Crippen LogP contribution in [-0.4, -0.2) is 34.5 Å². The van der Waals surface area contributed by atoms with Gasteiger partial charge in [-0.1, -0.05) is 30.3 Å². The second-order valence-corrected chi connectivity index (χ2v) is 4.66. The monoisotopic (exact) mass is 247 g/mol. The van der Waals surface area contributed by atoms with E-state index in [4.69, 9.17) is 5.11 Å². The molecule has 1 unspecified atom stereocenters. The first-order valence-corrected chi connectivity index (χ1v) is 6.19. The van der Waals surface area contributed by atoms with Gasteiger partial charge in [0, 0.05) is 6.54 Å². The van der Waals surface area contributed by atoms with Crippen molar-refractivity contribution in [1.29, 1.82) is 0 Å².